The molecule has 0 spiro atoms. The number of rotatable bonds is 5. The van der Waals surface area contributed by atoms with Crippen LogP contribution in [0.15, 0.2) is 24.3 Å². The minimum atomic E-state index is -4.46. The third kappa shape index (κ3) is 5.62. The fraction of sp³-hybridized carbons (Fsp3) is 0.533. The van der Waals surface area contributed by atoms with Crippen LogP contribution < -0.4 is 10.6 Å². The van der Waals surface area contributed by atoms with Gasteiger partial charge >= 0.3 is 12.2 Å². The van der Waals surface area contributed by atoms with Crippen molar-refractivity contribution < 1.29 is 23.1 Å². The average Bonchev–Trinajstić information content (AvgIpc) is 3.03. The molecular formula is C15H19F3N2O2S. The van der Waals surface area contributed by atoms with Gasteiger partial charge in [-0.15, -0.1) is 0 Å². The summed E-state index contributed by atoms with van der Waals surface area (Å²) in [5.41, 5.74) is -0.705. The molecule has 0 aliphatic carbocycles. The second-order valence-corrected chi connectivity index (χ2v) is 6.77. The number of thioether (sulfide) groups is 1. The second-order valence-electron chi connectivity index (χ2n) is 5.36. The van der Waals surface area contributed by atoms with E-state index in [1.54, 1.807) is 0 Å². The maximum atomic E-state index is 12.6. The quantitative estimate of drug-likeness (QED) is 0.767. The van der Waals surface area contributed by atoms with Crippen LogP contribution in [0.3, 0.4) is 0 Å². The number of benzene rings is 1. The van der Waals surface area contributed by atoms with Gasteiger partial charge in [-0.05, 0) is 36.3 Å². The van der Waals surface area contributed by atoms with Gasteiger partial charge in [-0.25, -0.2) is 4.79 Å². The van der Waals surface area contributed by atoms with E-state index in [0.717, 1.165) is 30.7 Å². The van der Waals surface area contributed by atoms with Crippen molar-refractivity contribution >= 4 is 17.8 Å². The summed E-state index contributed by atoms with van der Waals surface area (Å²) in [6.07, 6.45) is -3.44. The van der Waals surface area contributed by atoms with Crippen LogP contribution in [0.2, 0.25) is 0 Å². The molecule has 4 nitrogen and oxygen atoms in total. The lowest BCUT2D eigenvalue weighted by Crippen LogP contribution is -2.40. The number of hydrogen-bond acceptors (Lipinski definition) is 3. The standard InChI is InChI=1S/C15H19F3N2O2S/c16-15(17,18)11-4-1-3-10(7-11)13(21)9-20-14(22)19-8-12-5-2-6-23-12/h1,3-4,7,12-13,21H,2,5-6,8-9H2,(H2,19,20,22). The molecule has 2 atom stereocenters. The number of carbonyl (C=O) groups excluding carboxylic acids is 1. The summed E-state index contributed by atoms with van der Waals surface area (Å²) in [7, 11) is 0. The molecule has 1 aromatic rings. The van der Waals surface area contributed by atoms with Gasteiger partial charge in [0.25, 0.3) is 0 Å². The highest BCUT2D eigenvalue weighted by molar-refractivity contribution is 8.00. The Bertz CT molecular complexity index is 534. The van der Waals surface area contributed by atoms with Gasteiger partial charge in [0.1, 0.15) is 0 Å². The maximum absolute atomic E-state index is 12.6. The molecule has 2 unspecified atom stereocenters. The molecule has 2 rings (SSSR count). The molecule has 0 aromatic heterocycles. The fourth-order valence-corrected chi connectivity index (χ4v) is 3.51. The topological polar surface area (TPSA) is 61.4 Å². The van der Waals surface area contributed by atoms with E-state index in [-0.39, 0.29) is 12.1 Å². The van der Waals surface area contributed by atoms with Crippen LogP contribution in [0.5, 0.6) is 0 Å². The molecule has 3 N–H and O–H groups in total. The first-order chi connectivity index (χ1) is 10.9. The van der Waals surface area contributed by atoms with Gasteiger partial charge in [-0.3, -0.25) is 0 Å². The van der Waals surface area contributed by atoms with E-state index in [1.165, 1.54) is 12.1 Å². The number of aliphatic hydroxyl groups excluding tert-OH is 1. The van der Waals surface area contributed by atoms with E-state index in [1.807, 2.05) is 11.8 Å². The Morgan fingerprint density at radius 3 is 2.83 bits per heavy atom. The second kappa shape index (κ2) is 7.92. The van der Waals surface area contributed by atoms with Crippen molar-refractivity contribution in [2.24, 2.45) is 0 Å². The summed E-state index contributed by atoms with van der Waals surface area (Å²) in [6, 6.07) is 4.03. The van der Waals surface area contributed by atoms with E-state index in [0.29, 0.717) is 11.8 Å². The minimum absolute atomic E-state index is 0.117. The van der Waals surface area contributed by atoms with Crippen molar-refractivity contribution in [2.75, 3.05) is 18.8 Å². The number of nitrogens with one attached hydrogen (secondary N) is 2. The van der Waals surface area contributed by atoms with Crippen molar-refractivity contribution in [3.8, 4) is 0 Å². The Morgan fingerprint density at radius 2 is 2.17 bits per heavy atom. The summed E-state index contributed by atoms with van der Waals surface area (Å²) in [5, 5.41) is 15.5. The Labute approximate surface area is 136 Å². The molecule has 8 heteroatoms. The number of aliphatic hydroxyl groups is 1. The molecule has 1 heterocycles. The van der Waals surface area contributed by atoms with Crippen LogP contribution >= 0.6 is 11.8 Å². The molecule has 1 aromatic carbocycles. The number of amides is 2. The summed E-state index contributed by atoms with van der Waals surface area (Å²) in [4.78, 5) is 11.6. The molecule has 0 radical (unpaired) electrons. The lowest BCUT2D eigenvalue weighted by Gasteiger charge is -2.15. The Kier molecular flexibility index (Phi) is 6.17. The number of hydrogen-bond donors (Lipinski definition) is 3. The summed E-state index contributed by atoms with van der Waals surface area (Å²) in [5.74, 6) is 1.10. The third-order valence-corrected chi connectivity index (χ3v) is 4.97. The molecule has 0 bridgehead atoms. The highest BCUT2D eigenvalue weighted by Crippen LogP contribution is 2.30. The van der Waals surface area contributed by atoms with Gasteiger partial charge in [-0.2, -0.15) is 24.9 Å². The predicted molar refractivity (Wildman–Crippen MR) is 83.3 cm³/mol. The van der Waals surface area contributed by atoms with E-state index in [9.17, 15) is 23.1 Å². The van der Waals surface area contributed by atoms with Crippen LogP contribution in [-0.2, 0) is 6.18 Å². The van der Waals surface area contributed by atoms with Crippen LogP contribution in [-0.4, -0.2) is 35.2 Å². The molecule has 128 valence electrons. The van der Waals surface area contributed by atoms with E-state index >= 15 is 0 Å². The van der Waals surface area contributed by atoms with E-state index in [2.05, 4.69) is 10.6 Å². The van der Waals surface area contributed by atoms with Gasteiger partial charge in [0.2, 0.25) is 0 Å². The van der Waals surface area contributed by atoms with Crippen LogP contribution in [0.25, 0.3) is 0 Å². The maximum Gasteiger partial charge on any atom is 0.416 e. The Balaban J connectivity index is 1.79. The first-order valence-electron chi connectivity index (χ1n) is 7.35. The van der Waals surface area contributed by atoms with Crippen molar-refractivity contribution in [1.29, 1.82) is 0 Å². The number of halogens is 3. The van der Waals surface area contributed by atoms with Gasteiger partial charge in [0.05, 0.1) is 11.7 Å². The van der Waals surface area contributed by atoms with Crippen molar-refractivity contribution in [1.82, 2.24) is 10.6 Å². The molecule has 2 amide bonds. The van der Waals surface area contributed by atoms with E-state index in [4.69, 9.17) is 0 Å². The lowest BCUT2D eigenvalue weighted by atomic mass is 10.1. The van der Waals surface area contributed by atoms with Gasteiger partial charge in [0, 0.05) is 18.3 Å². The molecule has 1 fully saturated rings. The number of alkyl halides is 3. The molecule has 0 saturated carbocycles. The zero-order chi connectivity index (χ0) is 16.9. The monoisotopic (exact) mass is 348 g/mol. The Morgan fingerprint density at radius 1 is 1.39 bits per heavy atom. The summed E-state index contributed by atoms with van der Waals surface area (Å²) < 4.78 is 37.9. The zero-order valence-electron chi connectivity index (χ0n) is 12.4. The normalized spacial score (nSPS) is 19.4. The van der Waals surface area contributed by atoms with Crippen LogP contribution in [0.4, 0.5) is 18.0 Å². The first kappa shape index (κ1) is 17.9. The van der Waals surface area contributed by atoms with Crippen molar-refractivity contribution in [2.45, 2.75) is 30.4 Å². The van der Waals surface area contributed by atoms with Crippen LogP contribution in [0.1, 0.15) is 30.1 Å². The smallest absolute Gasteiger partial charge is 0.387 e. The highest BCUT2D eigenvalue weighted by Gasteiger charge is 2.30. The van der Waals surface area contributed by atoms with E-state index < -0.39 is 23.9 Å². The van der Waals surface area contributed by atoms with Gasteiger partial charge in [-0.1, -0.05) is 12.1 Å². The predicted octanol–water partition coefficient (Wildman–Crippen LogP) is 2.93. The third-order valence-electron chi connectivity index (χ3n) is 3.57. The van der Waals surface area contributed by atoms with Crippen molar-refractivity contribution in [3.05, 3.63) is 35.4 Å². The fourth-order valence-electron chi connectivity index (χ4n) is 2.30. The molecular weight excluding hydrogens is 329 g/mol. The number of carbonyl (C=O) groups is 1. The molecule has 1 aliphatic heterocycles. The Hall–Kier alpha value is -1.41. The molecule has 1 aliphatic rings. The summed E-state index contributed by atoms with van der Waals surface area (Å²) >= 11 is 1.81. The number of urea groups is 1. The van der Waals surface area contributed by atoms with Gasteiger partial charge in [0.15, 0.2) is 0 Å². The average molecular weight is 348 g/mol. The SMILES string of the molecule is O=C(NCC1CCCS1)NCC(O)c1cccc(C(F)(F)F)c1. The first-order valence-corrected chi connectivity index (χ1v) is 8.39. The molecule has 1 saturated heterocycles. The highest BCUT2D eigenvalue weighted by atomic mass is 32.2. The van der Waals surface area contributed by atoms with Crippen LogP contribution in [0, 0.1) is 0 Å². The lowest BCUT2D eigenvalue weighted by molar-refractivity contribution is -0.137. The zero-order valence-corrected chi connectivity index (χ0v) is 13.2. The summed E-state index contributed by atoms with van der Waals surface area (Å²) in [6.45, 7) is 0.404. The van der Waals surface area contributed by atoms with Crippen molar-refractivity contribution in [3.63, 3.8) is 0 Å². The minimum Gasteiger partial charge on any atom is -0.387 e. The molecule has 23 heavy (non-hydrogen) atoms. The largest absolute Gasteiger partial charge is 0.416 e. The van der Waals surface area contributed by atoms with Gasteiger partial charge < -0.3 is 15.7 Å².